The largest absolute Gasteiger partial charge is 0.475 e. The lowest BCUT2D eigenvalue weighted by atomic mass is 10.0. The monoisotopic (exact) mass is 369 g/mol. The Morgan fingerprint density at radius 1 is 1.41 bits per heavy atom. The number of carbonyl (C=O) groups excluding carboxylic acids is 1. The molecule has 2 aromatic rings. The minimum atomic E-state index is -0.0518. The van der Waals surface area contributed by atoms with Gasteiger partial charge >= 0.3 is 0 Å². The van der Waals surface area contributed by atoms with Gasteiger partial charge in [0, 0.05) is 23.7 Å². The Kier molecular flexibility index (Phi) is 6.01. The number of aromatic nitrogens is 3. The molecule has 2 heterocycles. The van der Waals surface area contributed by atoms with Crippen LogP contribution in [-0.2, 0) is 4.74 Å². The number of nitrogens with zero attached hydrogens (tertiary/aromatic N) is 4. The first-order valence-corrected chi connectivity index (χ1v) is 9.41. The van der Waals surface area contributed by atoms with Crippen molar-refractivity contribution < 1.29 is 9.53 Å². The summed E-state index contributed by atoms with van der Waals surface area (Å²) in [6.07, 6.45) is 4.15. The third-order valence-electron chi connectivity index (χ3n) is 4.72. The maximum atomic E-state index is 12.2. The van der Waals surface area contributed by atoms with E-state index in [-0.39, 0.29) is 11.9 Å². The molecular weight excluding hydrogens is 342 g/mol. The second kappa shape index (κ2) is 8.43. The number of Topliss-reactive ketones (excluding diaryl/α,β-unsaturated/α-hetero) is 1. The average molecular weight is 369 g/mol. The zero-order valence-corrected chi connectivity index (χ0v) is 16.2. The summed E-state index contributed by atoms with van der Waals surface area (Å²) in [6, 6.07) is 3.94. The van der Waals surface area contributed by atoms with Crippen LogP contribution < -0.4 is 0 Å². The van der Waals surface area contributed by atoms with Gasteiger partial charge in [-0.3, -0.25) is 9.69 Å². The topological polar surface area (TPSA) is 83.5 Å². The van der Waals surface area contributed by atoms with Crippen LogP contribution in [0.4, 0.5) is 0 Å². The normalized spacial score (nSPS) is 18.4. The molecule has 1 aliphatic rings. The van der Waals surface area contributed by atoms with Crippen LogP contribution in [0, 0.1) is 0 Å². The Balaban J connectivity index is 1.96. The van der Waals surface area contributed by atoms with E-state index in [2.05, 4.69) is 26.9 Å². The molecule has 1 atom stereocenters. The van der Waals surface area contributed by atoms with Crippen LogP contribution in [0.15, 0.2) is 29.8 Å². The number of carbonyl (C=O) groups is 1. The molecule has 144 valence electrons. The van der Waals surface area contributed by atoms with E-state index in [1.54, 1.807) is 13.0 Å². The van der Waals surface area contributed by atoms with Gasteiger partial charge in [0.1, 0.15) is 11.0 Å². The zero-order chi connectivity index (χ0) is 19.4. The highest BCUT2D eigenvalue weighted by molar-refractivity contribution is 6.09. The Labute approximate surface area is 159 Å². The van der Waals surface area contributed by atoms with Crippen LogP contribution in [0.5, 0.6) is 0 Å². The maximum Gasteiger partial charge on any atom is 0.217 e. The summed E-state index contributed by atoms with van der Waals surface area (Å²) < 4.78 is 6.01. The third-order valence-corrected chi connectivity index (χ3v) is 4.72. The summed E-state index contributed by atoms with van der Waals surface area (Å²) in [5.41, 5.74) is 2.56. The van der Waals surface area contributed by atoms with E-state index in [9.17, 15) is 4.79 Å². The molecule has 0 bridgehead atoms. The number of ether oxygens (including phenoxy) is 1. The summed E-state index contributed by atoms with van der Waals surface area (Å²) in [4.78, 5) is 19.4. The molecule has 1 saturated heterocycles. The molecule has 27 heavy (non-hydrogen) atoms. The molecule has 0 saturated carbocycles. The minimum Gasteiger partial charge on any atom is -0.475 e. The highest BCUT2D eigenvalue weighted by Gasteiger charge is 2.24. The number of rotatable bonds is 7. The first kappa shape index (κ1) is 19.2. The Bertz CT molecular complexity index is 855. The molecule has 1 aromatic heterocycles. The number of benzene rings is 1. The van der Waals surface area contributed by atoms with E-state index < -0.39 is 0 Å². The van der Waals surface area contributed by atoms with Crippen LogP contribution in [0.2, 0.25) is 0 Å². The molecule has 1 aromatic carbocycles. The molecule has 0 spiro atoms. The molecule has 0 radical (unpaired) electrons. The first-order valence-electron chi connectivity index (χ1n) is 9.41. The van der Waals surface area contributed by atoms with Crippen molar-refractivity contribution in [3.63, 3.8) is 0 Å². The van der Waals surface area contributed by atoms with Crippen molar-refractivity contribution >= 4 is 22.7 Å². The summed E-state index contributed by atoms with van der Waals surface area (Å²) in [5.74, 6) is 0.439. The summed E-state index contributed by atoms with van der Waals surface area (Å²) in [6.45, 7) is 11.9. The molecule has 1 N–H and O–H groups in total. The van der Waals surface area contributed by atoms with Crippen molar-refractivity contribution in [3.05, 3.63) is 35.9 Å². The van der Waals surface area contributed by atoms with Crippen LogP contribution >= 0.6 is 0 Å². The van der Waals surface area contributed by atoms with Crippen LogP contribution in [0.3, 0.4) is 0 Å². The van der Waals surface area contributed by atoms with Gasteiger partial charge < -0.3 is 4.74 Å². The van der Waals surface area contributed by atoms with E-state index in [1.165, 1.54) is 0 Å². The number of H-pyrrole nitrogens is 1. The first-order chi connectivity index (χ1) is 13.0. The van der Waals surface area contributed by atoms with Gasteiger partial charge in [-0.1, -0.05) is 6.08 Å². The molecule has 7 nitrogen and oxygen atoms in total. The Morgan fingerprint density at radius 2 is 2.11 bits per heavy atom. The SMILES string of the molecule is C=CCN1CCCC1CN=C(OC(C)C)c1cc2n[nH]nc2cc1C(C)=O. The van der Waals surface area contributed by atoms with Gasteiger partial charge in [0.15, 0.2) is 5.78 Å². The number of fused-ring (bicyclic) bond motifs is 1. The fourth-order valence-electron chi connectivity index (χ4n) is 3.46. The molecular formula is C20H27N5O2. The molecule has 1 fully saturated rings. The van der Waals surface area contributed by atoms with Crippen molar-refractivity contribution in [2.24, 2.45) is 4.99 Å². The number of hydrogen-bond acceptors (Lipinski definition) is 6. The highest BCUT2D eigenvalue weighted by Crippen LogP contribution is 2.21. The van der Waals surface area contributed by atoms with Gasteiger partial charge in [0.25, 0.3) is 0 Å². The average Bonchev–Trinajstić information content (AvgIpc) is 3.26. The van der Waals surface area contributed by atoms with Crippen LogP contribution in [0.1, 0.15) is 49.5 Å². The van der Waals surface area contributed by atoms with Crippen molar-refractivity contribution in [2.75, 3.05) is 19.6 Å². The second-order valence-corrected chi connectivity index (χ2v) is 7.16. The quantitative estimate of drug-likeness (QED) is 0.351. The lowest BCUT2D eigenvalue weighted by Crippen LogP contribution is -2.32. The molecule has 3 rings (SSSR count). The van der Waals surface area contributed by atoms with Crippen molar-refractivity contribution in [1.29, 1.82) is 0 Å². The van der Waals surface area contributed by atoms with E-state index in [0.29, 0.717) is 40.6 Å². The third kappa shape index (κ3) is 4.42. The van der Waals surface area contributed by atoms with Crippen molar-refractivity contribution in [2.45, 2.75) is 45.8 Å². The van der Waals surface area contributed by atoms with E-state index >= 15 is 0 Å². The summed E-state index contributed by atoms with van der Waals surface area (Å²) in [5, 5.41) is 10.8. The zero-order valence-electron chi connectivity index (χ0n) is 16.2. The summed E-state index contributed by atoms with van der Waals surface area (Å²) >= 11 is 0. The Hall–Kier alpha value is -2.54. The van der Waals surface area contributed by atoms with Crippen LogP contribution in [0.25, 0.3) is 11.0 Å². The molecule has 1 unspecified atom stereocenters. The predicted molar refractivity (Wildman–Crippen MR) is 106 cm³/mol. The van der Waals surface area contributed by atoms with Gasteiger partial charge in [-0.05, 0) is 52.3 Å². The van der Waals surface area contributed by atoms with Gasteiger partial charge in [-0.2, -0.15) is 15.4 Å². The number of aromatic amines is 1. The lowest BCUT2D eigenvalue weighted by molar-refractivity contribution is 0.101. The summed E-state index contributed by atoms with van der Waals surface area (Å²) in [7, 11) is 0. The smallest absolute Gasteiger partial charge is 0.217 e. The lowest BCUT2D eigenvalue weighted by Gasteiger charge is -2.22. The number of ketones is 1. The second-order valence-electron chi connectivity index (χ2n) is 7.16. The van der Waals surface area contributed by atoms with Crippen molar-refractivity contribution in [3.8, 4) is 0 Å². The minimum absolute atomic E-state index is 0.0515. The van der Waals surface area contributed by atoms with Gasteiger partial charge in [-0.25, -0.2) is 4.99 Å². The molecule has 7 heteroatoms. The van der Waals surface area contributed by atoms with Gasteiger partial charge in [-0.15, -0.1) is 6.58 Å². The fraction of sp³-hybridized carbons (Fsp3) is 0.500. The predicted octanol–water partition coefficient (Wildman–Crippen LogP) is 2.98. The standard InChI is InChI=1S/C20H27N5O2/c1-5-8-25-9-6-7-15(25)12-21-20(27-13(2)3)17-11-19-18(22-24-23-19)10-16(17)14(4)26/h5,10-11,13,15H,1,6-9,12H2,2-4H3,(H,22,23,24). The number of hydrogen-bond donors (Lipinski definition) is 1. The molecule has 0 amide bonds. The fourth-order valence-corrected chi connectivity index (χ4v) is 3.46. The highest BCUT2D eigenvalue weighted by atomic mass is 16.5. The van der Waals surface area contributed by atoms with Gasteiger partial charge in [0.05, 0.1) is 12.6 Å². The number of aliphatic imine (C=N–C) groups is 1. The molecule has 1 aliphatic heterocycles. The van der Waals surface area contributed by atoms with E-state index in [1.807, 2.05) is 26.0 Å². The van der Waals surface area contributed by atoms with E-state index in [0.717, 1.165) is 25.9 Å². The number of likely N-dealkylation sites (tertiary alicyclic amines) is 1. The number of nitrogens with one attached hydrogen (secondary N) is 1. The van der Waals surface area contributed by atoms with Crippen LogP contribution in [-0.4, -0.2) is 63.8 Å². The van der Waals surface area contributed by atoms with Crippen molar-refractivity contribution in [1.82, 2.24) is 20.3 Å². The molecule has 0 aliphatic carbocycles. The van der Waals surface area contributed by atoms with E-state index in [4.69, 9.17) is 9.73 Å². The van der Waals surface area contributed by atoms with Gasteiger partial charge in [0.2, 0.25) is 5.90 Å². The maximum absolute atomic E-state index is 12.2. The Morgan fingerprint density at radius 3 is 2.74 bits per heavy atom.